The molecule has 1 amide bonds. The number of rotatable bonds is 5. The van der Waals surface area contributed by atoms with Crippen LogP contribution in [0.15, 0.2) is 12.4 Å². The molecule has 0 aliphatic carbocycles. The number of amides is 1. The minimum Gasteiger partial charge on any atom is -0.463 e. The highest BCUT2D eigenvalue weighted by Crippen LogP contribution is 1.99. The van der Waals surface area contributed by atoms with Crippen LogP contribution in [-0.2, 0) is 20.9 Å². The Morgan fingerprint density at radius 2 is 2.31 bits per heavy atom. The Kier molecular flexibility index (Phi) is 3.87. The van der Waals surface area contributed by atoms with Gasteiger partial charge in [-0.1, -0.05) is 6.92 Å². The lowest BCUT2D eigenvalue weighted by Gasteiger charge is -2.08. The van der Waals surface area contributed by atoms with Gasteiger partial charge in [0, 0.05) is 6.20 Å². The van der Waals surface area contributed by atoms with Crippen LogP contribution in [0, 0.1) is 5.92 Å². The molecule has 1 aromatic heterocycles. The van der Waals surface area contributed by atoms with Crippen LogP contribution >= 0.6 is 0 Å². The normalized spacial score (nSPS) is 12.1. The van der Waals surface area contributed by atoms with Gasteiger partial charge in [0.05, 0.1) is 17.8 Å². The third-order valence-electron chi connectivity index (χ3n) is 1.92. The van der Waals surface area contributed by atoms with Gasteiger partial charge < -0.3 is 16.2 Å². The topological polar surface area (TPSA) is 113 Å². The quantitative estimate of drug-likeness (QED) is 0.633. The fourth-order valence-corrected chi connectivity index (χ4v) is 0.944. The molecule has 0 saturated carbocycles. The molecule has 0 aliphatic rings. The summed E-state index contributed by atoms with van der Waals surface area (Å²) in [5.74, 6) is -1.49. The maximum absolute atomic E-state index is 11.3. The van der Waals surface area contributed by atoms with Gasteiger partial charge >= 0.3 is 5.97 Å². The molecule has 1 rings (SSSR count). The van der Waals surface area contributed by atoms with Crippen molar-refractivity contribution in [3.05, 3.63) is 12.4 Å². The summed E-state index contributed by atoms with van der Waals surface area (Å²) in [7, 11) is 0. The zero-order valence-corrected chi connectivity index (χ0v) is 8.92. The number of nitrogen functional groups attached to an aromatic ring is 1. The smallest absolute Gasteiger partial charge is 0.327 e. The Morgan fingerprint density at radius 1 is 1.62 bits per heavy atom. The van der Waals surface area contributed by atoms with Crippen molar-refractivity contribution >= 4 is 17.6 Å². The van der Waals surface area contributed by atoms with Crippen molar-refractivity contribution in [1.82, 2.24) is 9.78 Å². The zero-order chi connectivity index (χ0) is 12.1. The predicted molar refractivity (Wildman–Crippen MR) is 56.0 cm³/mol. The lowest BCUT2D eigenvalue weighted by atomic mass is 10.2. The van der Waals surface area contributed by atoms with E-state index in [0.717, 1.165) is 0 Å². The van der Waals surface area contributed by atoms with Crippen LogP contribution < -0.4 is 11.5 Å². The minimum absolute atomic E-state index is 0.0229. The molecule has 1 aromatic rings. The molecule has 16 heavy (non-hydrogen) atoms. The maximum atomic E-state index is 11.3. The fraction of sp³-hybridized carbons (Fsp3) is 0.444. The van der Waals surface area contributed by atoms with Crippen LogP contribution in [0.5, 0.6) is 0 Å². The molecule has 0 fully saturated rings. The number of hydrogen-bond acceptors (Lipinski definition) is 5. The summed E-state index contributed by atoms with van der Waals surface area (Å²) < 4.78 is 6.19. The Balaban J connectivity index is 2.34. The zero-order valence-electron chi connectivity index (χ0n) is 8.92. The molecule has 0 spiro atoms. The van der Waals surface area contributed by atoms with E-state index in [-0.39, 0.29) is 13.2 Å². The molecule has 0 bridgehead atoms. The van der Waals surface area contributed by atoms with Gasteiger partial charge in [0.2, 0.25) is 5.91 Å². The minimum atomic E-state index is -0.504. The van der Waals surface area contributed by atoms with E-state index in [1.165, 1.54) is 17.1 Å². The third-order valence-corrected chi connectivity index (χ3v) is 1.92. The molecule has 7 heteroatoms. The van der Waals surface area contributed by atoms with Gasteiger partial charge in [-0.3, -0.25) is 14.3 Å². The lowest BCUT2D eigenvalue weighted by Crippen LogP contribution is -2.26. The van der Waals surface area contributed by atoms with Crippen molar-refractivity contribution in [2.45, 2.75) is 13.5 Å². The second-order valence-electron chi connectivity index (χ2n) is 3.46. The molecule has 1 atom stereocenters. The second-order valence-corrected chi connectivity index (χ2v) is 3.46. The summed E-state index contributed by atoms with van der Waals surface area (Å²) in [4.78, 5) is 21.9. The van der Waals surface area contributed by atoms with E-state index in [4.69, 9.17) is 16.2 Å². The average molecular weight is 226 g/mol. The number of hydrogen-bond donors (Lipinski definition) is 2. The summed E-state index contributed by atoms with van der Waals surface area (Å²) in [5, 5.41) is 3.82. The van der Waals surface area contributed by atoms with Crippen molar-refractivity contribution in [3.8, 4) is 0 Å². The van der Waals surface area contributed by atoms with Crippen LogP contribution in [0.1, 0.15) is 6.92 Å². The molecule has 88 valence electrons. The molecule has 0 saturated heterocycles. The van der Waals surface area contributed by atoms with Crippen LogP contribution in [0.3, 0.4) is 0 Å². The summed E-state index contributed by atoms with van der Waals surface area (Å²) >= 11 is 0. The van der Waals surface area contributed by atoms with Crippen LogP contribution in [-0.4, -0.2) is 28.3 Å². The van der Waals surface area contributed by atoms with Crippen molar-refractivity contribution in [1.29, 1.82) is 0 Å². The van der Waals surface area contributed by atoms with E-state index in [0.29, 0.717) is 5.69 Å². The van der Waals surface area contributed by atoms with Crippen molar-refractivity contribution in [2.75, 3.05) is 12.3 Å². The molecular formula is C9H14N4O3. The number of nitrogens with two attached hydrogens (primary N) is 2. The molecule has 1 heterocycles. The first-order chi connectivity index (χ1) is 7.49. The molecule has 7 nitrogen and oxygen atoms in total. The Bertz CT molecular complexity index is 388. The van der Waals surface area contributed by atoms with Crippen molar-refractivity contribution in [2.24, 2.45) is 11.7 Å². The molecule has 0 aromatic carbocycles. The van der Waals surface area contributed by atoms with Gasteiger partial charge in [0.25, 0.3) is 0 Å². The summed E-state index contributed by atoms with van der Waals surface area (Å²) in [6, 6.07) is 0. The molecule has 0 radical (unpaired) electrons. The first kappa shape index (κ1) is 12.0. The third kappa shape index (κ3) is 3.60. The Hall–Kier alpha value is -2.05. The first-order valence-corrected chi connectivity index (χ1v) is 4.72. The molecule has 4 N–H and O–H groups in total. The van der Waals surface area contributed by atoms with E-state index in [1.807, 2.05) is 0 Å². The monoisotopic (exact) mass is 226 g/mol. The number of nitrogens with zero attached hydrogens (tertiary/aromatic N) is 2. The van der Waals surface area contributed by atoms with Gasteiger partial charge in [-0.2, -0.15) is 5.10 Å². The van der Waals surface area contributed by atoms with Gasteiger partial charge in [-0.05, 0) is 0 Å². The predicted octanol–water partition coefficient (Wildman–Crippen LogP) is -0.870. The fourth-order valence-electron chi connectivity index (χ4n) is 0.944. The van der Waals surface area contributed by atoms with Crippen LogP contribution in [0.25, 0.3) is 0 Å². The number of ether oxygens (including phenoxy) is 1. The molecular weight excluding hydrogens is 212 g/mol. The number of esters is 1. The van der Waals surface area contributed by atoms with Gasteiger partial charge in [0.15, 0.2) is 0 Å². The second kappa shape index (κ2) is 5.15. The summed E-state index contributed by atoms with van der Waals surface area (Å²) in [5.41, 5.74) is 10.9. The molecule has 1 unspecified atom stereocenters. The number of aromatic nitrogens is 2. The van der Waals surface area contributed by atoms with Gasteiger partial charge in [-0.25, -0.2) is 0 Å². The van der Waals surface area contributed by atoms with Crippen molar-refractivity contribution in [3.63, 3.8) is 0 Å². The molecule has 0 aliphatic heterocycles. The number of carbonyl (C=O) groups is 2. The standard InChI is InChI=1S/C9H14N4O3/c1-6(9(11)15)5-16-8(14)4-13-3-7(10)2-12-13/h2-3,6H,4-5,10H2,1H3,(H2,11,15). The Morgan fingerprint density at radius 3 is 2.81 bits per heavy atom. The van der Waals surface area contributed by atoms with E-state index in [9.17, 15) is 9.59 Å². The highest BCUT2D eigenvalue weighted by atomic mass is 16.5. The first-order valence-electron chi connectivity index (χ1n) is 4.72. The maximum Gasteiger partial charge on any atom is 0.327 e. The lowest BCUT2D eigenvalue weighted by molar-refractivity contribution is -0.146. The van der Waals surface area contributed by atoms with Crippen molar-refractivity contribution < 1.29 is 14.3 Å². The SMILES string of the molecule is CC(COC(=O)Cn1cc(N)cn1)C(N)=O. The largest absolute Gasteiger partial charge is 0.463 e. The highest BCUT2D eigenvalue weighted by Gasteiger charge is 2.12. The van der Waals surface area contributed by atoms with E-state index in [2.05, 4.69) is 5.10 Å². The van der Waals surface area contributed by atoms with E-state index < -0.39 is 17.8 Å². The number of carbonyl (C=O) groups excluding carboxylic acids is 2. The number of primary amides is 1. The summed E-state index contributed by atoms with van der Waals surface area (Å²) in [6.45, 7) is 1.52. The van der Waals surface area contributed by atoms with E-state index >= 15 is 0 Å². The van der Waals surface area contributed by atoms with E-state index in [1.54, 1.807) is 6.92 Å². The average Bonchev–Trinajstić information content (AvgIpc) is 2.60. The van der Waals surface area contributed by atoms with Gasteiger partial charge in [-0.15, -0.1) is 0 Å². The van der Waals surface area contributed by atoms with Gasteiger partial charge in [0.1, 0.15) is 13.2 Å². The summed E-state index contributed by atoms with van der Waals surface area (Å²) in [6.07, 6.45) is 2.94. The number of anilines is 1. The Labute approximate surface area is 92.3 Å². The van der Waals surface area contributed by atoms with Crippen LogP contribution in [0.4, 0.5) is 5.69 Å². The highest BCUT2D eigenvalue weighted by molar-refractivity contribution is 5.77. The van der Waals surface area contributed by atoms with Crippen LogP contribution in [0.2, 0.25) is 0 Å².